The molecule has 75 valence electrons. The molecule has 0 aliphatic carbocycles. The van der Waals surface area contributed by atoms with Crippen molar-refractivity contribution < 1.29 is 4.79 Å². The second-order valence-corrected chi connectivity index (χ2v) is 3.40. The maximum Gasteiger partial charge on any atom is 0.163 e. The molecule has 0 unspecified atom stereocenters. The second kappa shape index (κ2) is 5.58. The Morgan fingerprint density at radius 1 is 1.36 bits per heavy atom. The molecule has 0 bridgehead atoms. The van der Waals surface area contributed by atoms with Crippen molar-refractivity contribution in [2.24, 2.45) is 0 Å². The van der Waals surface area contributed by atoms with E-state index in [0.717, 1.165) is 24.0 Å². The number of carbonyl (C=O) groups is 1. The minimum atomic E-state index is 0.264. The summed E-state index contributed by atoms with van der Waals surface area (Å²) >= 11 is 0. The summed E-state index contributed by atoms with van der Waals surface area (Å²) in [4.78, 5) is 11.8. The zero-order valence-corrected chi connectivity index (χ0v) is 8.92. The Hall–Kier alpha value is -1.11. The van der Waals surface area contributed by atoms with Crippen molar-refractivity contribution in [2.45, 2.75) is 33.1 Å². The van der Waals surface area contributed by atoms with Crippen LogP contribution in [0, 0.1) is 6.42 Å². The van der Waals surface area contributed by atoms with E-state index in [2.05, 4.69) is 6.92 Å². The van der Waals surface area contributed by atoms with Crippen molar-refractivity contribution in [1.29, 1.82) is 0 Å². The van der Waals surface area contributed by atoms with Gasteiger partial charge in [-0.3, -0.25) is 4.79 Å². The predicted molar refractivity (Wildman–Crippen MR) is 59.4 cm³/mol. The van der Waals surface area contributed by atoms with Gasteiger partial charge in [-0.2, -0.15) is 0 Å². The fourth-order valence-corrected chi connectivity index (χ4v) is 1.47. The first-order valence-electron chi connectivity index (χ1n) is 5.21. The first kappa shape index (κ1) is 11.0. The summed E-state index contributed by atoms with van der Waals surface area (Å²) in [5.41, 5.74) is 1.91. The normalized spacial score (nSPS) is 10.1. The minimum Gasteiger partial charge on any atom is -0.294 e. The fraction of sp³-hybridized carbons (Fsp3) is 0.385. The molecule has 1 aromatic rings. The maximum atomic E-state index is 11.8. The van der Waals surface area contributed by atoms with E-state index in [1.165, 1.54) is 0 Å². The molecule has 1 heteroatoms. The van der Waals surface area contributed by atoms with Gasteiger partial charge < -0.3 is 0 Å². The van der Waals surface area contributed by atoms with Crippen molar-refractivity contribution in [1.82, 2.24) is 0 Å². The Balaban J connectivity index is 2.78. The number of benzene rings is 1. The van der Waals surface area contributed by atoms with Crippen LogP contribution in [0.4, 0.5) is 0 Å². The van der Waals surface area contributed by atoms with Crippen LogP contribution in [0.5, 0.6) is 0 Å². The number of hydrogen-bond donors (Lipinski definition) is 0. The van der Waals surface area contributed by atoms with Crippen LogP contribution >= 0.6 is 0 Å². The van der Waals surface area contributed by atoms with Crippen molar-refractivity contribution >= 4 is 5.78 Å². The molecule has 0 aromatic heterocycles. The average molecular weight is 189 g/mol. The van der Waals surface area contributed by atoms with Gasteiger partial charge in [0.25, 0.3) is 0 Å². The highest BCUT2D eigenvalue weighted by Gasteiger charge is 2.08. The molecule has 1 rings (SSSR count). The third-order valence-corrected chi connectivity index (χ3v) is 2.33. The van der Waals surface area contributed by atoms with Crippen LogP contribution in [-0.4, -0.2) is 5.78 Å². The smallest absolute Gasteiger partial charge is 0.163 e. The summed E-state index contributed by atoms with van der Waals surface area (Å²) < 4.78 is 0. The molecule has 0 N–H and O–H groups in total. The molecule has 1 nitrogen and oxygen atoms in total. The Labute approximate surface area is 86.1 Å². The van der Waals surface area contributed by atoms with Gasteiger partial charge >= 0.3 is 0 Å². The molecule has 1 aromatic carbocycles. The molecule has 14 heavy (non-hydrogen) atoms. The predicted octanol–water partition coefficient (Wildman–Crippen LogP) is 3.63. The van der Waals surface area contributed by atoms with Gasteiger partial charge in [0.2, 0.25) is 0 Å². The molecular weight excluding hydrogens is 172 g/mol. The molecular formula is C13H17O. The first-order chi connectivity index (χ1) is 6.79. The lowest BCUT2D eigenvalue weighted by molar-refractivity contribution is 0.0979. The van der Waals surface area contributed by atoms with E-state index in [-0.39, 0.29) is 5.78 Å². The largest absolute Gasteiger partial charge is 0.294 e. The van der Waals surface area contributed by atoms with E-state index >= 15 is 0 Å². The standard InChI is InChI=1S/C13H17O/c1-3-5-10-13(14)12-9-7-6-8-11(12)4-2/h4,6-9H,3,5,10H2,1-2H3. The molecule has 0 aliphatic heterocycles. The minimum absolute atomic E-state index is 0.264. The monoisotopic (exact) mass is 189 g/mol. The van der Waals surface area contributed by atoms with E-state index in [4.69, 9.17) is 0 Å². The summed E-state index contributed by atoms with van der Waals surface area (Å²) in [5, 5.41) is 0. The molecule has 0 saturated heterocycles. The SMILES string of the molecule is C[CH]c1ccccc1C(=O)CCCC. The first-order valence-corrected chi connectivity index (χ1v) is 5.21. The van der Waals surface area contributed by atoms with E-state index in [0.29, 0.717) is 6.42 Å². The van der Waals surface area contributed by atoms with Gasteiger partial charge in [0, 0.05) is 12.0 Å². The van der Waals surface area contributed by atoms with E-state index in [9.17, 15) is 4.79 Å². The van der Waals surface area contributed by atoms with Crippen LogP contribution < -0.4 is 0 Å². The van der Waals surface area contributed by atoms with Gasteiger partial charge in [0.15, 0.2) is 5.78 Å². The lowest BCUT2D eigenvalue weighted by Crippen LogP contribution is -2.02. The van der Waals surface area contributed by atoms with Crippen LogP contribution in [-0.2, 0) is 0 Å². The number of carbonyl (C=O) groups excluding carboxylic acids is 1. The Bertz CT molecular complexity index is 302. The average Bonchev–Trinajstić information content (AvgIpc) is 2.25. The van der Waals surface area contributed by atoms with Gasteiger partial charge in [-0.05, 0) is 18.4 Å². The van der Waals surface area contributed by atoms with Crippen molar-refractivity contribution in [3.8, 4) is 0 Å². The van der Waals surface area contributed by atoms with Crippen molar-refractivity contribution in [3.63, 3.8) is 0 Å². The number of ketones is 1. The summed E-state index contributed by atoms with van der Waals surface area (Å²) in [6.07, 6.45) is 4.71. The Kier molecular flexibility index (Phi) is 4.37. The number of rotatable bonds is 5. The van der Waals surface area contributed by atoms with Gasteiger partial charge in [0.05, 0.1) is 0 Å². The molecule has 0 atom stereocenters. The van der Waals surface area contributed by atoms with Crippen molar-refractivity contribution in [2.75, 3.05) is 0 Å². The fourth-order valence-electron chi connectivity index (χ4n) is 1.47. The van der Waals surface area contributed by atoms with Gasteiger partial charge in [0.1, 0.15) is 0 Å². The van der Waals surface area contributed by atoms with Crippen molar-refractivity contribution in [3.05, 3.63) is 41.8 Å². The highest BCUT2D eigenvalue weighted by Crippen LogP contribution is 2.14. The highest BCUT2D eigenvalue weighted by molar-refractivity contribution is 5.97. The summed E-state index contributed by atoms with van der Waals surface area (Å²) in [6.45, 7) is 4.07. The van der Waals surface area contributed by atoms with Gasteiger partial charge in [-0.15, -0.1) is 0 Å². The van der Waals surface area contributed by atoms with E-state index < -0.39 is 0 Å². The molecule has 1 radical (unpaired) electrons. The van der Waals surface area contributed by atoms with Gasteiger partial charge in [-0.1, -0.05) is 44.5 Å². The van der Waals surface area contributed by atoms with E-state index in [1.54, 1.807) is 0 Å². The summed E-state index contributed by atoms with van der Waals surface area (Å²) in [7, 11) is 0. The summed E-state index contributed by atoms with van der Waals surface area (Å²) in [6, 6.07) is 7.78. The lowest BCUT2D eigenvalue weighted by Gasteiger charge is -2.05. The van der Waals surface area contributed by atoms with E-state index in [1.807, 2.05) is 37.6 Å². The maximum absolute atomic E-state index is 11.8. The van der Waals surface area contributed by atoms with Gasteiger partial charge in [-0.25, -0.2) is 0 Å². The molecule has 0 aliphatic rings. The zero-order chi connectivity index (χ0) is 10.4. The Morgan fingerprint density at radius 2 is 2.07 bits per heavy atom. The number of unbranched alkanes of at least 4 members (excludes halogenated alkanes) is 1. The van der Waals surface area contributed by atoms with Crippen LogP contribution in [0.3, 0.4) is 0 Å². The third-order valence-electron chi connectivity index (χ3n) is 2.33. The number of hydrogen-bond acceptors (Lipinski definition) is 1. The zero-order valence-electron chi connectivity index (χ0n) is 8.92. The quantitative estimate of drug-likeness (QED) is 0.646. The lowest BCUT2D eigenvalue weighted by atomic mass is 9.99. The molecule has 0 fully saturated rings. The van der Waals surface area contributed by atoms with Crippen LogP contribution in [0.25, 0.3) is 0 Å². The summed E-state index contributed by atoms with van der Waals surface area (Å²) in [5.74, 6) is 0.264. The van der Waals surface area contributed by atoms with Crippen LogP contribution in [0.2, 0.25) is 0 Å². The van der Waals surface area contributed by atoms with Crippen LogP contribution in [0.1, 0.15) is 49.0 Å². The molecule has 0 heterocycles. The third kappa shape index (κ3) is 2.69. The molecule has 0 spiro atoms. The van der Waals surface area contributed by atoms with Crippen LogP contribution in [0.15, 0.2) is 24.3 Å². The second-order valence-electron chi connectivity index (χ2n) is 3.40. The topological polar surface area (TPSA) is 17.1 Å². The number of Topliss-reactive ketones (excluding diaryl/α,β-unsaturated/α-hetero) is 1. The highest BCUT2D eigenvalue weighted by atomic mass is 16.1. The Morgan fingerprint density at radius 3 is 2.71 bits per heavy atom. The molecule has 0 saturated carbocycles. The molecule has 0 amide bonds.